The second-order valence-electron chi connectivity index (χ2n) is 5.79. The number of rotatable bonds is 4. The number of halogens is 1. The molecule has 3 rings (SSSR count). The number of hydrogen-bond acceptors (Lipinski definition) is 7. The van der Waals surface area contributed by atoms with E-state index < -0.39 is 39.8 Å². The van der Waals surface area contributed by atoms with Crippen LogP contribution in [0.2, 0.25) is 0 Å². The number of carbonyl (C=O) groups excluding carboxylic acids is 3. The molecule has 1 saturated heterocycles. The van der Waals surface area contributed by atoms with Gasteiger partial charge in [-0.25, -0.2) is 9.69 Å². The first kappa shape index (κ1) is 20.0. The molecule has 0 spiro atoms. The zero-order chi connectivity index (χ0) is 21.3. The van der Waals surface area contributed by atoms with Crippen LogP contribution < -0.4 is 15.0 Å². The molecule has 1 fully saturated rings. The van der Waals surface area contributed by atoms with Crippen molar-refractivity contribution in [1.82, 2.24) is 5.32 Å². The molecule has 0 radical (unpaired) electrons. The Labute approximate surface area is 171 Å². The van der Waals surface area contributed by atoms with E-state index in [0.717, 1.165) is 17.0 Å². The third-order valence-electron chi connectivity index (χ3n) is 3.97. The van der Waals surface area contributed by atoms with Gasteiger partial charge in [-0.15, -0.1) is 0 Å². The Morgan fingerprint density at radius 1 is 1.24 bits per heavy atom. The summed E-state index contributed by atoms with van der Waals surface area (Å²) < 4.78 is 5.51. The summed E-state index contributed by atoms with van der Waals surface area (Å²) in [6.07, 6.45) is 1.07. The number of aromatic hydroxyl groups is 1. The van der Waals surface area contributed by atoms with Gasteiger partial charge in [0.1, 0.15) is 5.57 Å². The average molecular weight is 462 g/mol. The predicted molar refractivity (Wildman–Crippen MR) is 104 cm³/mol. The molecule has 148 valence electrons. The number of imide groups is 2. The van der Waals surface area contributed by atoms with Gasteiger partial charge in [0, 0.05) is 10.5 Å². The van der Waals surface area contributed by atoms with Crippen molar-refractivity contribution in [1.29, 1.82) is 0 Å². The highest BCUT2D eigenvalue weighted by atomic mass is 79.9. The van der Waals surface area contributed by atoms with Gasteiger partial charge in [-0.05, 0) is 35.9 Å². The van der Waals surface area contributed by atoms with E-state index in [4.69, 9.17) is 4.74 Å². The fourth-order valence-corrected chi connectivity index (χ4v) is 3.05. The molecule has 0 aliphatic carbocycles. The number of hydrogen-bond donors (Lipinski definition) is 2. The number of nitro groups is 1. The quantitative estimate of drug-likeness (QED) is 0.308. The molecule has 0 saturated carbocycles. The highest BCUT2D eigenvalue weighted by Crippen LogP contribution is 2.37. The van der Waals surface area contributed by atoms with Gasteiger partial charge in [0.15, 0.2) is 5.75 Å². The summed E-state index contributed by atoms with van der Waals surface area (Å²) in [4.78, 5) is 48.4. The molecule has 0 atom stereocenters. The molecule has 2 aromatic carbocycles. The number of phenolic OH excluding ortho intramolecular Hbond substituents is 1. The fraction of sp³-hybridized carbons (Fsp3) is 0.0556. The molecule has 10 nitrogen and oxygen atoms in total. The van der Waals surface area contributed by atoms with Crippen LogP contribution in [0.4, 0.5) is 16.2 Å². The number of phenols is 1. The van der Waals surface area contributed by atoms with Crippen LogP contribution in [-0.4, -0.2) is 35.0 Å². The van der Waals surface area contributed by atoms with Crippen LogP contribution in [0.15, 0.2) is 46.4 Å². The maximum absolute atomic E-state index is 12.8. The standard InChI is InChI=1S/C18H12BrN3O7/c1-29-14-7-9(6-13(15(14)23)22(27)28)5-12-16(24)20-18(26)21(17(12)25)11-4-2-3-10(19)8-11/h2-8,23H,1H3,(H,20,24,26)/b12-5-. The number of barbiturate groups is 1. The van der Waals surface area contributed by atoms with E-state index in [1.807, 2.05) is 0 Å². The van der Waals surface area contributed by atoms with Crippen molar-refractivity contribution in [3.63, 3.8) is 0 Å². The smallest absolute Gasteiger partial charge is 0.335 e. The lowest BCUT2D eigenvalue weighted by Crippen LogP contribution is -2.54. The average Bonchev–Trinajstić information content (AvgIpc) is 2.65. The minimum Gasteiger partial charge on any atom is -0.500 e. The van der Waals surface area contributed by atoms with Gasteiger partial charge in [0.25, 0.3) is 11.8 Å². The molecule has 0 bridgehead atoms. The number of anilines is 1. The Balaban J connectivity index is 2.10. The number of methoxy groups -OCH3 is 1. The maximum Gasteiger partial charge on any atom is 0.335 e. The maximum atomic E-state index is 12.8. The third-order valence-corrected chi connectivity index (χ3v) is 4.47. The Morgan fingerprint density at radius 3 is 2.59 bits per heavy atom. The molecular weight excluding hydrogens is 450 g/mol. The number of urea groups is 1. The van der Waals surface area contributed by atoms with Crippen molar-refractivity contribution >= 4 is 51.2 Å². The number of carbonyl (C=O) groups is 3. The number of nitro benzene ring substituents is 1. The Kier molecular flexibility index (Phi) is 5.33. The molecule has 1 heterocycles. The van der Waals surface area contributed by atoms with Crippen molar-refractivity contribution in [2.75, 3.05) is 12.0 Å². The van der Waals surface area contributed by atoms with Gasteiger partial charge in [0.05, 0.1) is 17.7 Å². The van der Waals surface area contributed by atoms with Gasteiger partial charge >= 0.3 is 11.7 Å². The molecule has 2 aromatic rings. The van der Waals surface area contributed by atoms with Gasteiger partial charge in [-0.1, -0.05) is 22.0 Å². The topological polar surface area (TPSA) is 139 Å². The summed E-state index contributed by atoms with van der Waals surface area (Å²) >= 11 is 3.24. The van der Waals surface area contributed by atoms with E-state index in [2.05, 4.69) is 21.2 Å². The van der Waals surface area contributed by atoms with Gasteiger partial charge in [-0.3, -0.25) is 25.0 Å². The summed E-state index contributed by atoms with van der Waals surface area (Å²) in [6, 6.07) is 7.59. The molecule has 29 heavy (non-hydrogen) atoms. The van der Waals surface area contributed by atoms with Crippen molar-refractivity contribution in [2.24, 2.45) is 0 Å². The lowest BCUT2D eigenvalue weighted by molar-refractivity contribution is -0.386. The second kappa shape index (κ2) is 7.72. The zero-order valence-electron chi connectivity index (χ0n) is 14.7. The van der Waals surface area contributed by atoms with Crippen molar-refractivity contribution in [3.05, 3.63) is 62.1 Å². The number of benzene rings is 2. The zero-order valence-corrected chi connectivity index (χ0v) is 16.3. The highest BCUT2D eigenvalue weighted by Gasteiger charge is 2.37. The summed E-state index contributed by atoms with van der Waals surface area (Å²) in [7, 11) is 1.20. The number of nitrogens with zero attached hydrogens (tertiary/aromatic N) is 2. The second-order valence-corrected chi connectivity index (χ2v) is 6.70. The highest BCUT2D eigenvalue weighted by molar-refractivity contribution is 9.10. The number of nitrogens with one attached hydrogen (secondary N) is 1. The van der Waals surface area contributed by atoms with E-state index in [-0.39, 0.29) is 17.0 Å². The SMILES string of the molecule is COc1cc(/C=C2/C(=O)NC(=O)N(c3cccc(Br)c3)C2=O)cc([N+](=O)[O-])c1O. The van der Waals surface area contributed by atoms with E-state index >= 15 is 0 Å². The monoisotopic (exact) mass is 461 g/mol. The Morgan fingerprint density at radius 2 is 1.97 bits per heavy atom. The van der Waals surface area contributed by atoms with Gasteiger partial charge in [0.2, 0.25) is 5.75 Å². The first-order valence-electron chi connectivity index (χ1n) is 7.95. The van der Waals surface area contributed by atoms with Crippen LogP contribution in [0.3, 0.4) is 0 Å². The lowest BCUT2D eigenvalue weighted by Gasteiger charge is -2.26. The number of ether oxygens (including phenoxy) is 1. The molecule has 11 heteroatoms. The molecule has 4 amide bonds. The molecular formula is C18H12BrN3O7. The van der Waals surface area contributed by atoms with Crippen LogP contribution in [0, 0.1) is 10.1 Å². The summed E-state index contributed by atoms with van der Waals surface area (Å²) in [5.41, 5.74) is -0.825. The summed E-state index contributed by atoms with van der Waals surface area (Å²) in [6.45, 7) is 0. The molecule has 0 unspecified atom stereocenters. The lowest BCUT2D eigenvalue weighted by atomic mass is 10.1. The Bertz CT molecular complexity index is 1100. The van der Waals surface area contributed by atoms with Crippen LogP contribution in [-0.2, 0) is 9.59 Å². The normalized spacial score (nSPS) is 15.4. The summed E-state index contributed by atoms with van der Waals surface area (Å²) in [5.74, 6) is -2.77. The molecule has 1 aliphatic rings. The molecule has 0 aromatic heterocycles. The first-order valence-corrected chi connectivity index (χ1v) is 8.74. The third kappa shape index (κ3) is 3.80. The molecule has 2 N–H and O–H groups in total. The summed E-state index contributed by atoms with van der Waals surface area (Å²) in [5, 5.41) is 23.0. The van der Waals surface area contributed by atoms with Gasteiger partial charge in [-0.2, -0.15) is 0 Å². The van der Waals surface area contributed by atoms with Crippen molar-refractivity contribution in [3.8, 4) is 11.5 Å². The molecule has 1 aliphatic heterocycles. The van der Waals surface area contributed by atoms with E-state index in [1.54, 1.807) is 12.1 Å². The minimum atomic E-state index is -0.957. The first-order chi connectivity index (χ1) is 13.7. The van der Waals surface area contributed by atoms with Crippen LogP contribution >= 0.6 is 15.9 Å². The largest absolute Gasteiger partial charge is 0.500 e. The van der Waals surface area contributed by atoms with Crippen LogP contribution in [0.1, 0.15) is 5.56 Å². The minimum absolute atomic E-state index is 0.0494. The van der Waals surface area contributed by atoms with Crippen molar-refractivity contribution in [2.45, 2.75) is 0 Å². The van der Waals surface area contributed by atoms with E-state index in [9.17, 15) is 29.6 Å². The van der Waals surface area contributed by atoms with E-state index in [0.29, 0.717) is 4.47 Å². The van der Waals surface area contributed by atoms with Crippen LogP contribution in [0.5, 0.6) is 11.5 Å². The predicted octanol–water partition coefficient (Wildman–Crippen LogP) is 2.74. The van der Waals surface area contributed by atoms with Crippen LogP contribution in [0.25, 0.3) is 6.08 Å². The fourth-order valence-electron chi connectivity index (χ4n) is 2.67. The van der Waals surface area contributed by atoms with Gasteiger partial charge < -0.3 is 9.84 Å². The van der Waals surface area contributed by atoms with E-state index in [1.165, 1.54) is 25.3 Å². The van der Waals surface area contributed by atoms with Crippen molar-refractivity contribution < 1.29 is 29.2 Å². The Hall–Kier alpha value is -3.73. The number of amides is 4.